The molecule has 7 nitrogen and oxygen atoms in total. The van der Waals surface area contributed by atoms with E-state index in [2.05, 4.69) is 29.2 Å². The number of fused-ring (bicyclic) bond motifs is 1. The third kappa shape index (κ3) is 4.16. The van der Waals surface area contributed by atoms with Crippen LogP contribution in [0.15, 0.2) is 40.7 Å². The van der Waals surface area contributed by atoms with E-state index in [1.54, 1.807) is 30.5 Å². The van der Waals surface area contributed by atoms with E-state index in [1.807, 2.05) is 31.2 Å². The fourth-order valence-corrected chi connectivity index (χ4v) is 3.78. The molecule has 0 saturated carbocycles. The summed E-state index contributed by atoms with van der Waals surface area (Å²) in [6.45, 7) is 8.29. The molecule has 28 heavy (non-hydrogen) atoms. The molecule has 1 aliphatic rings. The summed E-state index contributed by atoms with van der Waals surface area (Å²) < 4.78 is 12.4. The Labute approximate surface area is 169 Å². The lowest BCUT2D eigenvalue weighted by molar-refractivity contribution is -0.139. The van der Waals surface area contributed by atoms with Crippen LogP contribution in [0.5, 0.6) is 5.75 Å². The molecule has 0 unspecified atom stereocenters. The average Bonchev–Trinajstić information content (AvgIpc) is 3.08. The molecule has 1 aliphatic heterocycles. The Balaban J connectivity index is 2.05. The lowest BCUT2D eigenvalue weighted by Gasteiger charge is -2.28. The zero-order chi connectivity index (χ0) is 20.3. The van der Waals surface area contributed by atoms with Crippen molar-refractivity contribution in [3.63, 3.8) is 0 Å². The Bertz CT molecular complexity index is 874. The van der Waals surface area contributed by atoms with E-state index in [0.717, 1.165) is 22.8 Å². The first-order valence-electron chi connectivity index (χ1n) is 9.32. The van der Waals surface area contributed by atoms with Crippen LogP contribution in [-0.4, -0.2) is 40.2 Å². The minimum Gasteiger partial charge on any atom is -0.497 e. The number of thioether (sulfide) groups is 1. The van der Waals surface area contributed by atoms with E-state index >= 15 is 0 Å². The van der Waals surface area contributed by atoms with Crippen LogP contribution in [0.4, 0.5) is 5.95 Å². The maximum Gasteiger partial charge on any atom is 0.338 e. The summed E-state index contributed by atoms with van der Waals surface area (Å²) in [5.41, 5.74) is 2.17. The van der Waals surface area contributed by atoms with Crippen LogP contribution in [0.1, 0.15) is 39.3 Å². The summed E-state index contributed by atoms with van der Waals surface area (Å²) in [5.74, 6) is 2.48. The van der Waals surface area contributed by atoms with Crippen LogP contribution in [0.25, 0.3) is 0 Å². The summed E-state index contributed by atoms with van der Waals surface area (Å²) in [6.07, 6.45) is 0. The van der Waals surface area contributed by atoms with Crippen LogP contribution in [0.2, 0.25) is 0 Å². The number of benzene rings is 1. The van der Waals surface area contributed by atoms with E-state index in [1.165, 1.54) is 0 Å². The van der Waals surface area contributed by atoms with Gasteiger partial charge in [-0.15, -0.1) is 5.10 Å². The maximum atomic E-state index is 12.7. The standard InChI is InChI=1S/C20H26N4O3S/c1-6-27-18(25)16-13(4)21-19-22-20(28-11-12(2)3)23-24(19)17(16)14-7-9-15(26-5)10-8-14/h7-10,12,17H,6,11H2,1-5H3,(H,21,22,23)/t17-/m1/s1. The average molecular weight is 403 g/mol. The second-order valence-corrected chi connectivity index (χ2v) is 7.91. The first kappa shape index (κ1) is 20.3. The Hall–Kier alpha value is -2.48. The van der Waals surface area contributed by atoms with Crippen molar-refractivity contribution in [1.29, 1.82) is 0 Å². The predicted molar refractivity (Wildman–Crippen MR) is 110 cm³/mol. The quantitative estimate of drug-likeness (QED) is 0.556. The number of esters is 1. The molecule has 150 valence electrons. The number of hydrogen-bond donors (Lipinski definition) is 1. The normalized spacial score (nSPS) is 16.0. The highest BCUT2D eigenvalue weighted by Crippen LogP contribution is 2.37. The molecule has 0 amide bonds. The summed E-state index contributed by atoms with van der Waals surface area (Å²) in [4.78, 5) is 17.4. The Morgan fingerprint density at radius 2 is 2.04 bits per heavy atom. The molecular formula is C20H26N4O3S. The van der Waals surface area contributed by atoms with Gasteiger partial charge >= 0.3 is 5.97 Å². The van der Waals surface area contributed by atoms with Gasteiger partial charge in [-0.05, 0) is 37.5 Å². The number of ether oxygens (including phenoxy) is 2. The molecule has 1 aromatic heterocycles. The Morgan fingerprint density at radius 3 is 2.64 bits per heavy atom. The zero-order valence-electron chi connectivity index (χ0n) is 16.9. The number of aromatic nitrogens is 3. The highest BCUT2D eigenvalue weighted by atomic mass is 32.2. The number of hydrogen-bond acceptors (Lipinski definition) is 7. The number of carbonyl (C=O) groups excluding carboxylic acids is 1. The molecule has 0 spiro atoms. The van der Waals surface area contributed by atoms with Gasteiger partial charge in [-0.1, -0.05) is 37.7 Å². The van der Waals surface area contributed by atoms with E-state index in [9.17, 15) is 4.79 Å². The zero-order valence-corrected chi connectivity index (χ0v) is 17.7. The molecule has 0 aliphatic carbocycles. The van der Waals surface area contributed by atoms with Crippen molar-refractivity contribution >= 4 is 23.7 Å². The van der Waals surface area contributed by atoms with Gasteiger partial charge in [0.05, 0.1) is 19.3 Å². The van der Waals surface area contributed by atoms with Crippen molar-refractivity contribution in [2.45, 2.75) is 38.9 Å². The number of carbonyl (C=O) groups is 1. The molecule has 0 fully saturated rings. The van der Waals surface area contributed by atoms with Gasteiger partial charge in [0.1, 0.15) is 11.8 Å². The van der Waals surface area contributed by atoms with Crippen LogP contribution >= 0.6 is 11.8 Å². The second-order valence-electron chi connectivity index (χ2n) is 6.93. The van der Waals surface area contributed by atoms with Gasteiger partial charge in [0.2, 0.25) is 11.1 Å². The molecule has 0 saturated heterocycles. The summed E-state index contributed by atoms with van der Waals surface area (Å²) in [7, 11) is 1.63. The number of methoxy groups -OCH3 is 1. The number of rotatable bonds is 7. The summed E-state index contributed by atoms with van der Waals surface area (Å²) in [6, 6.07) is 7.21. The number of anilines is 1. The van der Waals surface area contributed by atoms with E-state index in [0.29, 0.717) is 29.2 Å². The smallest absolute Gasteiger partial charge is 0.338 e. The first-order chi connectivity index (χ1) is 13.4. The fraction of sp³-hybridized carbons (Fsp3) is 0.450. The minimum atomic E-state index is -0.415. The van der Waals surface area contributed by atoms with E-state index in [-0.39, 0.29) is 5.97 Å². The van der Waals surface area contributed by atoms with Crippen molar-refractivity contribution < 1.29 is 14.3 Å². The molecular weight excluding hydrogens is 376 g/mol. The van der Waals surface area contributed by atoms with Crippen LogP contribution in [0, 0.1) is 5.92 Å². The Morgan fingerprint density at radius 1 is 1.32 bits per heavy atom. The molecule has 1 N–H and O–H groups in total. The van der Waals surface area contributed by atoms with Gasteiger partial charge in [-0.2, -0.15) is 4.98 Å². The van der Waals surface area contributed by atoms with Crippen molar-refractivity contribution in [1.82, 2.24) is 14.8 Å². The van der Waals surface area contributed by atoms with Crippen LogP contribution in [0.3, 0.4) is 0 Å². The molecule has 2 aromatic rings. The topological polar surface area (TPSA) is 78.3 Å². The van der Waals surface area contributed by atoms with Gasteiger partial charge in [-0.25, -0.2) is 9.48 Å². The summed E-state index contributed by atoms with van der Waals surface area (Å²) in [5, 5.41) is 8.58. The lowest BCUT2D eigenvalue weighted by atomic mass is 9.96. The molecule has 2 heterocycles. The maximum absolute atomic E-state index is 12.7. The molecule has 0 radical (unpaired) electrons. The lowest BCUT2D eigenvalue weighted by Crippen LogP contribution is -2.29. The predicted octanol–water partition coefficient (Wildman–Crippen LogP) is 3.89. The molecule has 3 rings (SSSR count). The number of nitrogens with one attached hydrogen (secondary N) is 1. The highest BCUT2D eigenvalue weighted by Gasteiger charge is 2.35. The molecule has 1 atom stereocenters. The molecule has 1 aromatic carbocycles. The molecule has 0 bridgehead atoms. The van der Waals surface area contributed by atoms with Crippen molar-refractivity contribution in [3.8, 4) is 5.75 Å². The highest BCUT2D eigenvalue weighted by molar-refractivity contribution is 7.99. The second kappa shape index (κ2) is 8.68. The first-order valence-corrected chi connectivity index (χ1v) is 10.3. The van der Waals surface area contributed by atoms with Crippen LogP contribution < -0.4 is 10.1 Å². The minimum absolute atomic E-state index is 0.310. The van der Waals surface area contributed by atoms with Crippen molar-refractivity contribution in [2.24, 2.45) is 5.92 Å². The van der Waals surface area contributed by atoms with E-state index in [4.69, 9.17) is 9.47 Å². The van der Waals surface area contributed by atoms with Gasteiger partial charge in [-0.3, -0.25) is 0 Å². The van der Waals surface area contributed by atoms with Gasteiger partial charge in [0.15, 0.2) is 0 Å². The van der Waals surface area contributed by atoms with Crippen molar-refractivity contribution in [3.05, 3.63) is 41.1 Å². The largest absolute Gasteiger partial charge is 0.497 e. The van der Waals surface area contributed by atoms with Gasteiger partial charge in [0, 0.05) is 11.4 Å². The summed E-state index contributed by atoms with van der Waals surface area (Å²) >= 11 is 1.61. The van der Waals surface area contributed by atoms with Gasteiger partial charge < -0.3 is 14.8 Å². The third-order valence-corrected chi connectivity index (χ3v) is 5.57. The SMILES string of the molecule is CCOC(=O)C1=C(C)Nc2nc(SCC(C)C)nn2[C@@H]1c1ccc(OC)cc1. The van der Waals surface area contributed by atoms with Gasteiger partial charge in [0.25, 0.3) is 0 Å². The van der Waals surface area contributed by atoms with E-state index < -0.39 is 6.04 Å². The fourth-order valence-electron chi connectivity index (χ4n) is 3.00. The number of allylic oxidation sites excluding steroid dienone is 1. The number of nitrogens with zero attached hydrogens (tertiary/aromatic N) is 3. The third-order valence-electron chi connectivity index (χ3n) is 4.31. The van der Waals surface area contributed by atoms with Crippen molar-refractivity contribution in [2.75, 3.05) is 24.8 Å². The van der Waals surface area contributed by atoms with Crippen LogP contribution in [-0.2, 0) is 9.53 Å². The monoisotopic (exact) mass is 402 g/mol. The molecule has 8 heteroatoms. The Kier molecular flexibility index (Phi) is 6.28.